The van der Waals surface area contributed by atoms with Crippen molar-refractivity contribution in [2.45, 2.75) is 58.9 Å². The maximum atomic E-state index is 5.60. The highest BCUT2D eigenvalue weighted by atomic mass is 16.5. The Hall–Kier alpha value is -0.0800. The van der Waals surface area contributed by atoms with Crippen LogP contribution >= 0.6 is 0 Å². The molecule has 0 aromatic carbocycles. The average Bonchev–Trinajstić information content (AvgIpc) is 2.79. The lowest BCUT2D eigenvalue weighted by Crippen LogP contribution is -2.49. The van der Waals surface area contributed by atoms with Gasteiger partial charge in [-0.25, -0.2) is 0 Å². The molecule has 2 fully saturated rings. The lowest BCUT2D eigenvalue weighted by molar-refractivity contribution is 0.0682. The molecule has 2 nitrogen and oxygen atoms in total. The molecule has 1 heterocycles. The summed E-state index contributed by atoms with van der Waals surface area (Å²) in [4.78, 5) is 0. The van der Waals surface area contributed by atoms with Crippen molar-refractivity contribution in [3.8, 4) is 0 Å². The van der Waals surface area contributed by atoms with Crippen LogP contribution in [0.15, 0.2) is 0 Å². The normalized spacial score (nSPS) is 34.8. The van der Waals surface area contributed by atoms with Crippen LogP contribution in [0.5, 0.6) is 0 Å². The van der Waals surface area contributed by atoms with Gasteiger partial charge in [0.2, 0.25) is 0 Å². The van der Waals surface area contributed by atoms with Gasteiger partial charge in [-0.3, -0.25) is 0 Å². The van der Waals surface area contributed by atoms with Gasteiger partial charge in [-0.2, -0.15) is 0 Å². The highest BCUT2D eigenvalue weighted by Crippen LogP contribution is 2.44. The summed E-state index contributed by atoms with van der Waals surface area (Å²) in [5, 5.41) is 3.77. The predicted octanol–water partition coefficient (Wildman–Crippen LogP) is 3.22. The first kappa shape index (κ1) is 13.4. The van der Waals surface area contributed by atoms with Crippen LogP contribution in [0.4, 0.5) is 0 Å². The first-order chi connectivity index (χ1) is 8.15. The molecule has 1 N–H and O–H groups in total. The van der Waals surface area contributed by atoms with Gasteiger partial charge in [0.15, 0.2) is 0 Å². The SMILES string of the molecule is CCNC(C1CCOC1)C1CCCCC1(C)C. The van der Waals surface area contributed by atoms with E-state index >= 15 is 0 Å². The second kappa shape index (κ2) is 5.71. The fourth-order valence-corrected chi connectivity index (χ4v) is 3.90. The maximum absolute atomic E-state index is 5.60. The van der Waals surface area contributed by atoms with Crippen molar-refractivity contribution in [2.75, 3.05) is 19.8 Å². The maximum Gasteiger partial charge on any atom is 0.0510 e. The van der Waals surface area contributed by atoms with Gasteiger partial charge in [-0.05, 0) is 37.1 Å². The Morgan fingerprint density at radius 1 is 1.29 bits per heavy atom. The molecule has 0 bridgehead atoms. The minimum atomic E-state index is 0.508. The van der Waals surface area contributed by atoms with Crippen LogP contribution in [-0.2, 0) is 4.74 Å². The summed E-state index contributed by atoms with van der Waals surface area (Å²) in [5.74, 6) is 1.58. The van der Waals surface area contributed by atoms with Crippen LogP contribution in [0.3, 0.4) is 0 Å². The molecule has 0 amide bonds. The summed E-state index contributed by atoms with van der Waals surface area (Å²) >= 11 is 0. The summed E-state index contributed by atoms with van der Waals surface area (Å²) in [6, 6.07) is 0.679. The molecule has 1 aliphatic carbocycles. The fourth-order valence-electron chi connectivity index (χ4n) is 3.90. The summed E-state index contributed by atoms with van der Waals surface area (Å²) in [5.41, 5.74) is 0.508. The van der Waals surface area contributed by atoms with Gasteiger partial charge in [0, 0.05) is 18.6 Å². The molecule has 3 atom stereocenters. The monoisotopic (exact) mass is 239 g/mol. The van der Waals surface area contributed by atoms with Crippen LogP contribution in [0.25, 0.3) is 0 Å². The van der Waals surface area contributed by atoms with Crippen molar-refractivity contribution in [3.63, 3.8) is 0 Å². The van der Waals surface area contributed by atoms with Crippen molar-refractivity contribution in [3.05, 3.63) is 0 Å². The van der Waals surface area contributed by atoms with Crippen molar-refractivity contribution < 1.29 is 4.74 Å². The van der Waals surface area contributed by atoms with E-state index in [9.17, 15) is 0 Å². The Kier molecular flexibility index (Phi) is 4.48. The largest absolute Gasteiger partial charge is 0.381 e. The zero-order valence-corrected chi connectivity index (χ0v) is 11.8. The van der Waals surface area contributed by atoms with Gasteiger partial charge < -0.3 is 10.1 Å². The van der Waals surface area contributed by atoms with E-state index in [1.807, 2.05) is 0 Å². The van der Waals surface area contributed by atoms with Gasteiger partial charge in [-0.1, -0.05) is 33.6 Å². The Balaban J connectivity index is 2.07. The lowest BCUT2D eigenvalue weighted by atomic mass is 9.63. The molecule has 2 heteroatoms. The van der Waals surface area contributed by atoms with E-state index in [0.29, 0.717) is 11.5 Å². The molecule has 0 spiro atoms. The van der Waals surface area contributed by atoms with E-state index in [1.165, 1.54) is 32.1 Å². The molecule has 0 aromatic rings. The summed E-state index contributed by atoms with van der Waals surface area (Å²) in [7, 11) is 0. The zero-order valence-electron chi connectivity index (χ0n) is 11.8. The molecule has 0 aromatic heterocycles. The fraction of sp³-hybridized carbons (Fsp3) is 1.00. The third-order valence-electron chi connectivity index (χ3n) is 4.94. The van der Waals surface area contributed by atoms with E-state index in [-0.39, 0.29) is 0 Å². The van der Waals surface area contributed by atoms with E-state index in [2.05, 4.69) is 26.1 Å². The molecule has 1 saturated heterocycles. The average molecular weight is 239 g/mol. The van der Waals surface area contributed by atoms with Crippen molar-refractivity contribution in [2.24, 2.45) is 17.3 Å². The van der Waals surface area contributed by atoms with Gasteiger partial charge in [0.1, 0.15) is 0 Å². The zero-order chi connectivity index (χ0) is 12.3. The number of hydrogen-bond acceptors (Lipinski definition) is 2. The molecule has 100 valence electrons. The standard InChI is InChI=1S/C15H29NO/c1-4-16-14(12-8-10-17-11-12)13-7-5-6-9-15(13,2)3/h12-14,16H,4-11H2,1-3H3. The van der Waals surface area contributed by atoms with Crippen LogP contribution in [0.1, 0.15) is 52.9 Å². The van der Waals surface area contributed by atoms with Crippen LogP contribution < -0.4 is 5.32 Å². The molecule has 2 rings (SSSR count). The number of nitrogens with one attached hydrogen (secondary N) is 1. The molecule has 1 saturated carbocycles. The number of ether oxygens (including phenoxy) is 1. The van der Waals surface area contributed by atoms with Crippen molar-refractivity contribution in [1.29, 1.82) is 0 Å². The Bertz CT molecular complexity index is 233. The Morgan fingerprint density at radius 3 is 2.71 bits per heavy atom. The molecular weight excluding hydrogens is 210 g/mol. The quantitative estimate of drug-likeness (QED) is 0.813. The smallest absolute Gasteiger partial charge is 0.0510 e. The topological polar surface area (TPSA) is 21.3 Å². The third-order valence-corrected chi connectivity index (χ3v) is 4.94. The van der Waals surface area contributed by atoms with Gasteiger partial charge in [0.25, 0.3) is 0 Å². The van der Waals surface area contributed by atoms with Crippen LogP contribution in [0, 0.1) is 17.3 Å². The third kappa shape index (κ3) is 3.03. The molecule has 3 unspecified atom stereocenters. The first-order valence-electron chi connectivity index (χ1n) is 7.46. The number of hydrogen-bond donors (Lipinski definition) is 1. The summed E-state index contributed by atoms with van der Waals surface area (Å²) in [6.45, 7) is 10.2. The lowest BCUT2D eigenvalue weighted by Gasteiger charge is -2.45. The van der Waals surface area contributed by atoms with E-state index < -0.39 is 0 Å². The molecule has 17 heavy (non-hydrogen) atoms. The summed E-state index contributed by atoms with van der Waals surface area (Å²) in [6.07, 6.45) is 6.89. The molecule has 0 radical (unpaired) electrons. The van der Waals surface area contributed by atoms with Gasteiger partial charge >= 0.3 is 0 Å². The van der Waals surface area contributed by atoms with Crippen molar-refractivity contribution in [1.82, 2.24) is 5.32 Å². The minimum Gasteiger partial charge on any atom is -0.381 e. The van der Waals surface area contributed by atoms with Crippen LogP contribution in [-0.4, -0.2) is 25.8 Å². The highest BCUT2D eigenvalue weighted by Gasteiger charge is 2.41. The number of rotatable bonds is 4. The Labute approximate surface area is 107 Å². The first-order valence-corrected chi connectivity index (χ1v) is 7.46. The van der Waals surface area contributed by atoms with Crippen molar-refractivity contribution >= 4 is 0 Å². The van der Waals surface area contributed by atoms with E-state index in [1.54, 1.807) is 0 Å². The minimum absolute atomic E-state index is 0.508. The van der Waals surface area contributed by atoms with Gasteiger partial charge in [-0.15, -0.1) is 0 Å². The van der Waals surface area contributed by atoms with Gasteiger partial charge in [0.05, 0.1) is 6.61 Å². The second-order valence-corrected chi connectivity index (χ2v) is 6.55. The van der Waals surface area contributed by atoms with E-state index in [4.69, 9.17) is 4.74 Å². The Morgan fingerprint density at radius 2 is 2.12 bits per heavy atom. The van der Waals surface area contributed by atoms with E-state index in [0.717, 1.165) is 31.6 Å². The predicted molar refractivity (Wildman–Crippen MR) is 72.1 cm³/mol. The second-order valence-electron chi connectivity index (χ2n) is 6.55. The highest BCUT2D eigenvalue weighted by molar-refractivity contribution is 4.94. The molecular formula is C15H29NO. The molecule has 1 aliphatic heterocycles. The summed E-state index contributed by atoms with van der Waals surface area (Å²) < 4.78 is 5.60. The van der Waals surface area contributed by atoms with Crippen LogP contribution in [0.2, 0.25) is 0 Å². The molecule has 2 aliphatic rings.